The van der Waals surface area contributed by atoms with Crippen molar-refractivity contribution >= 4 is 11.8 Å². The molecule has 0 radical (unpaired) electrons. The highest BCUT2D eigenvalue weighted by molar-refractivity contribution is 5.86. The van der Waals surface area contributed by atoms with Crippen LogP contribution >= 0.6 is 0 Å². The second-order valence-corrected chi connectivity index (χ2v) is 4.79. The van der Waals surface area contributed by atoms with Crippen molar-refractivity contribution in [3.8, 4) is 0 Å². The van der Waals surface area contributed by atoms with Crippen LogP contribution in [0.25, 0.3) is 0 Å². The summed E-state index contributed by atoms with van der Waals surface area (Å²) in [4.78, 5) is 19.5. The summed E-state index contributed by atoms with van der Waals surface area (Å²) < 4.78 is 4.58. The fourth-order valence-electron chi connectivity index (χ4n) is 2.33. The maximum atomic E-state index is 11.2. The number of hydrogen-bond donors (Lipinski definition) is 1. The molecule has 5 nitrogen and oxygen atoms in total. The number of aromatic nitrogens is 2. The molecule has 1 aliphatic rings. The topological polar surface area (TPSA) is 64.1 Å². The Hall–Kier alpha value is -1.65. The van der Waals surface area contributed by atoms with Gasteiger partial charge in [0.15, 0.2) is 5.69 Å². The maximum Gasteiger partial charge on any atom is 0.358 e. The SMILES string of the molecule is COC(=O)c1cnc(NC2CCCCC2C)cn1. The highest BCUT2D eigenvalue weighted by Crippen LogP contribution is 2.25. The van der Waals surface area contributed by atoms with Crippen LogP contribution in [0.2, 0.25) is 0 Å². The Kier molecular flexibility index (Phi) is 4.12. The zero-order valence-corrected chi connectivity index (χ0v) is 10.8. The van der Waals surface area contributed by atoms with E-state index in [9.17, 15) is 4.79 Å². The molecule has 0 aromatic carbocycles. The quantitative estimate of drug-likeness (QED) is 0.832. The lowest BCUT2D eigenvalue weighted by atomic mass is 9.86. The normalized spacial score (nSPS) is 23.4. The van der Waals surface area contributed by atoms with E-state index in [2.05, 4.69) is 26.9 Å². The standard InChI is InChI=1S/C13H19N3O2/c1-9-5-3-4-6-10(9)16-12-8-14-11(7-15-12)13(17)18-2/h7-10H,3-6H2,1-2H3,(H,15,16). The molecule has 1 aromatic rings. The molecule has 5 heteroatoms. The number of esters is 1. The first-order valence-electron chi connectivity index (χ1n) is 6.37. The fourth-order valence-corrected chi connectivity index (χ4v) is 2.33. The Morgan fingerprint density at radius 1 is 1.33 bits per heavy atom. The third-order valence-electron chi connectivity index (χ3n) is 3.49. The van der Waals surface area contributed by atoms with Crippen LogP contribution in [0.5, 0.6) is 0 Å². The number of rotatable bonds is 3. The van der Waals surface area contributed by atoms with E-state index in [4.69, 9.17) is 0 Å². The second kappa shape index (κ2) is 5.80. The molecule has 1 saturated carbocycles. The molecule has 1 fully saturated rings. The first-order valence-corrected chi connectivity index (χ1v) is 6.37. The van der Waals surface area contributed by atoms with Gasteiger partial charge in [-0.15, -0.1) is 0 Å². The molecule has 2 rings (SSSR count). The van der Waals surface area contributed by atoms with Crippen molar-refractivity contribution in [2.75, 3.05) is 12.4 Å². The van der Waals surface area contributed by atoms with Gasteiger partial charge in [0.1, 0.15) is 5.82 Å². The van der Waals surface area contributed by atoms with E-state index in [-0.39, 0.29) is 5.69 Å². The van der Waals surface area contributed by atoms with Crippen LogP contribution in [0, 0.1) is 5.92 Å². The summed E-state index contributed by atoms with van der Waals surface area (Å²) in [5, 5.41) is 3.39. The van der Waals surface area contributed by atoms with Gasteiger partial charge in [0.05, 0.1) is 19.5 Å². The zero-order chi connectivity index (χ0) is 13.0. The summed E-state index contributed by atoms with van der Waals surface area (Å²) >= 11 is 0. The van der Waals surface area contributed by atoms with E-state index in [1.54, 1.807) is 6.20 Å². The number of carbonyl (C=O) groups excluding carboxylic acids is 1. The highest BCUT2D eigenvalue weighted by Gasteiger charge is 2.21. The van der Waals surface area contributed by atoms with Gasteiger partial charge < -0.3 is 10.1 Å². The van der Waals surface area contributed by atoms with E-state index in [1.807, 2.05) is 0 Å². The highest BCUT2D eigenvalue weighted by atomic mass is 16.5. The predicted octanol–water partition coefficient (Wildman–Crippen LogP) is 2.25. The van der Waals surface area contributed by atoms with E-state index < -0.39 is 5.97 Å². The van der Waals surface area contributed by atoms with E-state index in [1.165, 1.54) is 39.0 Å². The van der Waals surface area contributed by atoms with Gasteiger partial charge in [-0.05, 0) is 18.8 Å². The van der Waals surface area contributed by atoms with Crippen molar-refractivity contribution in [1.29, 1.82) is 0 Å². The second-order valence-electron chi connectivity index (χ2n) is 4.79. The summed E-state index contributed by atoms with van der Waals surface area (Å²) in [7, 11) is 1.33. The monoisotopic (exact) mass is 249 g/mol. The number of methoxy groups -OCH3 is 1. The Bertz CT molecular complexity index is 405. The first kappa shape index (κ1) is 12.8. The van der Waals surface area contributed by atoms with Gasteiger partial charge in [-0.1, -0.05) is 19.8 Å². The smallest absolute Gasteiger partial charge is 0.358 e. The van der Waals surface area contributed by atoms with E-state index >= 15 is 0 Å². The van der Waals surface area contributed by atoms with Crippen molar-refractivity contribution in [3.63, 3.8) is 0 Å². The van der Waals surface area contributed by atoms with Crippen molar-refractivity contribution in [1.82, 2.24) is 9.97 Å². The Morgan fingerprint density at radius 2 is 2.11 bits per heavy atom. The summed E-state index contributed by atoms with van der Waals surface area (Å²) in [6.07, 6.45) is 8.03. The number of hydrogen-bond acceptors (Lipinski definition) is 5. The Morgan fingerprint density at radius 3 is 2.72 bits per heavy atom. The van der Waals surface area contributed by atoms with Crippen LogP contribution in [0.3, 0.4) is 0 Å². The van der Waals surface area contributed by atoms with Gasteiger partial charge in [-0.3, -0.25) is 0 Å². The van der Waals surface area contributed by atoms with Crippen LogP contribution < -0.4 is 5.32 Å². The van der Waals surface area contributed by atoms with Gasteiger partial charge >= 0.3 is 5.97 Å². The predicted molar refractivity (Wildman–Crippen MR) is 68.4 cm³/mol. The molecular weight excluding hydrogens is 230 g/mol. The van der Waals surface area contributed by atoms with Crippen molar-refractivity contribution < 1.29 is 9.53 Å². The number of nitrogens with zero attached hydrogens (tertiary/aromatic N) is 2. The molecule has 0 amide bonds. The zero-order valence-electron chi connectivity index (χ0n) is 10.8. The summed E-state index contributed by atoms with van der Waals surface area (Å²) in [6.45, 7) is 2.26. The average Bonchev–Trinajstić information content (AvgIpc) is 2.41. The summed E-state index contributed by atoms with van der Waals surface area (Å²) in [5.74, 6) is 0.919. The molecule has 1 heterocycles. The number of anilines is 1. The summed E-state index contributed by atoms with van der Waals surface area (Å²) in [5.41, 5.74) is 0.236. The van der Waals surface area contributed by atoms with Crippen LogP contribution in [0.1, 0.15) is 43.1 Å². The van der Waals surface area contributed by atoms with Crippen molar-refractivity contribution in [3.05, 3.63) is 18.1 Å². The number of carbonyl (C=O) groups is 1. The van der Waals surface area contributed by atoms with Crippen LogP contribution in [-0.4, -0.2) is 29.1 Å². The molecule has 0 saturated heterocycles. The first-order chi connectivity index (χ1) is 8.70. The number of ether oxygens (including phenoxy) is 1. The molecule has 0 spiro atoms. The molecule has 2 unspecified atom stereocenters. The van der Waals surface area contributed by atoms with E-state index in [0.717, 1.165) is 5.82 Å². The maximum absolute atomic E-state index is 11.2. The summed E-state index contributed by atoms with van der Waals surface area (Å²) in [6, 6.07) is 0.456. The molecule has 98 valence electrons. The van der Waals surface area contributed by atoms with Crippen LogP contribution in [0.4, 0.5) is 5.82 Å². The third-order valence-corrected chi connectivity index (χ3v) is 3.49. The van der Waals surface area contributed by atoms with E-state index in [0.29, 0.717) is 12.0 Å². The minimum atomic E-state index is -0.458. The lowest BCUT2D eigenvalue weighted by molar-refractivity contribution is 0.0593. The lowest BCUT2D eigenvalue weighted by Gasteiger charge is -2.29. The lowest BCUT2D eigenvalue weighted by Crippen LogP contribution is -2.30. The number of nitrogens with one attached hydrogen (secondary N) is 1. The third kappa shape index (κ3) is 2.97. The molecule has 1 N–H and O–H groups in total. The van der Waals surface area contributed by atoms with Crippen LogP contribution in [-0.2, 0) is 4.74 Å². The van der Waals surface area contributed by atoms with Gasteiger partial charge in [-0.25, -0.2) is 14.8 Å². The minimum Gasteiger partial charge on any atom is -0.464 e. The Labute approximate surface area is 107 Å². The molecule has 2 atom stereocenters. The molecule has 1 aliphatic carbocycles. The fraction of sp³-hybridized carbons (Fsp3) is 0.615. The largest absolute Gasteiger partial charge is 0.464 e. The molecule has 18 heavy (non-hydrogen) atoms. The van der Waals surface area contributed by atoms with Gasteiger partial charge in [0.2, 0.25) is 0 Å². The molecular formula is C13H19N3O2. The van der Waals surface area contributed by atoms with Gasteiger partial charge in [0.25, 0.3) is 0 Å². The molecule has 0 aliphatic heterocycles. The molecule has 0 bridgehead atoms. The van der Waals surface area contributed by atoms with Gasteiger partial charge in [0, 0.05) is 6.04 Å². The van der Waals surface area contributed by atoms with Crippen molar-refractivity contribution in [2.24, 2.45) is 5.92 Å². The average molecular weight is 249 g/mol. The minimum absolute atomic E-state index is 0.236. The van der Waals surface area contributed by atoms with Gasteiger partial charge in [-0.2, -0.15) is 0 Å². The van der Waals surface area contributed by atoms with Crippen LogP contribution in [0.15, 0.2) is 12.4 Å². The molecule has 1 aromatic heterocycles. The Balaban J connectivity index is 1.99. The van der Waals surface area contributed by atoms with Crippen molar-refractivity contribution in [2.45, 2.75) is 38.6 Å².